The van der Waals surface area contributed by atoms with Crippen LogP contribution in [0, 0.1) is 11.8 Å². The van der Waals surface area contributed by atoms with E-state index < -0.39 is 11.7 Å². The van der Waals surface area contributed by atoms with Gasteiger partial charge in [-0.05, 0) is 41.5 Å². The van der Waals surface area contributed by atoms with E-state index >= 15 is 0 Å². The molecule has 1 fully saturated rings. The van der Waals surface area contributed by atoms with E-state index in [2.05, 4.69) is 56.3 Å². The van der Waals surface area contributed by atoms with Crippen molar-refractivity contribution >= 4 is 11.6 Å². The summed E-state index contributed by atoms with van der Waals surface area (Å²) in [4.78, 5) is 8.86. The second kappa shape index (κ2) is 14.5. The van der Waals surface area contributed by atoms with Crippen LogP contribution >= 0.6 is 11.6 Å². The molecule has 0 aromatic heterocycles. The van der Waals surface area contributed by atoms with E-state index in [1.807, 2.05) is 30.3 Å². The van der Waals surface area contributed by atoms with Gasteiger partial charge in [-0.3, -0.25) is 9.80 Å². The minimum absolute atomic E-state index is 0.0954. The summed E-state index contributed by atoms with van der Waals surface area (Å²) < 4.78 is 46.8. The Kier molecular flexibility index (Phi) is 10.8. The number of rotatable bonds is 10. The van der Waals surface area contributed by atoms with Gasteiger partial charge in [0.05, 0.1) is 11.6 Å². The lowest BCUT2D eigenvalue weighted by Gasteiger charge is -2.39. The summed E-state index contributed by atoms with van der Waals surface area (Å²) in [5.74, 6) is 10.2. The molecule has 3 aromatic carbocycles. The quantitative estimate of drug-likeness (QED) is 0.196. The van der Waals surface area contributed by atoms with Crippen LogP contribution in [-0.2, 0) is 11.1 Å². The Hall–Kier alpha value is -3.10. The third kappa shape index (κ3) is 8.45. The first-order chi connectivity index (χ1) is 19.3. The van der Waals surface area contributed by atoms with Crippen molar-refractivity contribution in [3.8, 4) is 17.6 Å². The fourth-order valence-electron chi connectivity index (χ4n) is 4.72. The van der Waals surface area contributed by atoms with Crippen molar-refractivity contribution in [2.75, 3.05) is 45.9 Å². The van der Waals surface area contributed by atoms with E-state index in [9.17, 15) is 13.2 Å². The summed E-state index contributed by atoms with van der Waals surface area (Å²) in [6.07, 6.45) is -4.18. The number of nitrogens with two attached hydrogens (primary N) is 1. The van der Waals surface area contributed by atoms with Crippen LogP contribution < -0.4 is 16.1 Å². The van der Waals surface area contributed by atoms with Crippen LogP contribution in [0.25, 0.3) is 0 Å². The summed E-state index contributed by atoms with van der Waals surface area (Å²) in [7, 11) is 0. The van der Waals surface area contributed by atoms with E-state index in [1.165, 1.54) is 23.3 Å². The molecule has 3 N–H and O–H groups in total. The molecule has 0 radical (unpaired) electrons. The van der Waals surface area contributed by atoms with Crippen molar-refractivity contribution in [1.82, 2.24) is 15.3 Å². The summed E-state index contributed by atoms with van der Waals surface area (Å²) in [6.45, 7) is 4.24. The molecular weight excluding hydrogens is 541 g/mol. The van der Waals surface area contributed by atoms with Gasteiger partial charge < -0.3 is 4.74 Å². The monoisotopic (exact) mass is 572 g/mol. The first kappa shape index (κ1) is 29.9. The fraction of sp³-hybridized carbons (Fsp3) is 0.333. The van der Waals surface area contributed by atoms with Crippen molar-refractivity contribution in [3.63, 3.8) is 0 Å². The number of ether oxygens (including phenoxy) is 1. The van der Waals surface area contributed by atoms with E-state index in [-0.39, 0.29) is 24.0 Å². The lowest BCUT2D eigenvalue weighted by molar-refractivity contribution is -0.139. The Morgan fingerprint density at radius 1 is 0.950 bits per heavy atom. The first-order valence-corrected chi connectivity index (χ1v) is 13.4. The molecule has 0 spiro atoms. The minimum Gasteiger partial charge on any atom is -0.492 e. The Labute approximate surface area is 237 Å². The molecule has 1 aliphatic rings. The zero-order valence-electron chi connectivity index (χ0n) is 22.0. The molecule has 0 saturated carbocycles. The van der Waals surface area contributed by atoms with Crippen molar-refractivity contribution in [2.45, 2.75) is 18.6 Å². The highest BCUT2D eigenvalue weighted by Gasteiger charge is 2.35. The molecule has 212 valence electrons. The lowest BCUT2D eigenvalue weighted by atomic mass is 9.96. The molecule has 1 heterocycles. The van der Waals surface area contributed by atoms with Crippen LogP contribution in [0.15, 0.2) is 72.8 Å². The van der Waals surface area contributed by atoms with Crippen molar-refractivity contribution in [1.29, 1.82) is 0 Å². The van der Waals surface area contributed by atoms with Gasteiger partial charge in [-0.2, -0.15) is 24.5 Å². The van der Waals surface area contributed by atoms with Crippen molar-refractivity contribution in [3.05, 3.63) is 100 Å². The largest absolute Gasteiger partial charge is 0.492 e. The van der Waals surface area contributed by atoms with Crippen molar-refractivity contribution < 1.29 is 22.8 Å². The maximum Gasteiger partial charge on any atom is 0.420 e. The zero-order chi connectivity index (χ0) is 28.4. The number of piperazine rings is 1. The van der Waals surface area contributed by atoms with Crippen LogP contribution in [0.1, 0.15) is 34.7 Å². The van der Waals surface area contributed by atoms with E-state index in [0.29, 0.717) is 24.5 Å². The summed E-state index contributed by atoms with van der Waals surface area (Å²) in [5.41, 5.74) is 4.22. The molecular formula is C30H32ClF3N4O2. The third-order valence-electron chi connectivity index (χ3n) is 6.69. The van der Waals surface area contributed by atoms with Crippen LogP contribution in [0.2, 0.25) is 5.02 Å². The normalized spacial score (nSPS) is 15.3. The maximum absolute atomic E-state index is 13.7. The number of hydroxylamine groups is 1. The van der Waals surface area contributed by atoms with Crippen LogP contribution in [0.4, 0.5) is 13.2 Å². The molecule has 3 aromatic rings. The number of nitrogens with one attached hydrogen (secondary N) is 1. The first-order valence-electron chi connectivity index (χ1n) is 13.0. The molecule has 0 bridgehead atoms. The van der Waals surface area contributed by atoms with Gasteiger partial charge in [0.1, 0.15) is 12.4 Å². The average molecular weight is 573 g/mol. The van der Waals surface area contributed by atoms with Gasteiger partial charge in [0, 0.05) is 56.3 Å². The predicted molar refractivity (Wildman–Crippen MR) is 149 cm³/mol. The molecule has 6 nitrogen and oxygen atoms in total. The highest BCUT2D eigenvalue weighted by molar-refractivity contribution is 6.30. The number of benzene rings is 3. The molecule has 10 heteroatoms. The average Bonchev–Trinajstić information content (AvgIpc) is 2.95. The van der Waals surface area contributed by atoms with Crippen LogP contribution in [-0.4, -0.2) is 55.7 Å². The number of hydrogen-bond donors (Lipinski definition) is 2. The van der Waals surface area contributed by atoms with E-state index in [0.717, 1.165) is 32.2 Å². The van der Waals surface area contributed by atoms with Gasteiger partial charge in [-0.25, -0.2) is 4.94 Å². The van der Waals surface area contributed by atoms with Gasteiger partial charge in [0.25, 0.3) is 0 Å². The SMILES string of the molecule is NONCCC#Cc1ccc(OCCN2CCN([C@H](c3ccccc3)c3ccc(Cl)cc3)CC2)c(C(F)(F)F)c1. The zero-order valence-corrected chi connectivity index (χ0v) is 22.7. The minimum atomic E-state index is -4.55. The number of hydrogen-bond acceptors (Lipinski definition) is 6. The van der Waals surface area contributed by atoms with Gasteiger partial charge >= 0.3 is 6.18 Å². The molecule has 0 unspecified atom stereocenters. The summed E-state index contributed by atoms with van der Waals surface area (Å²) in [6, 6.07) is 22.3. The molecule has 1 saturated heterocycles. The third-order valence-corrected chi connectivity index (χ3v) is 6.94. The molecule has 4 rings (SSSR count). The molecule has 0 aliphatic carbocycles. The molecule has 1 aliphatic heterocycles. The number of alkyl halides is 3. The summed E-state index contributed by atoms with van der Waals surface area (Å²) >= 11 is 6.13. The number of nitrogens with zero attached hydrogens (tertiary/aromatic N) is 2. The van der Waals surface area contributed by atoms with Gasteiger partial charge in [0.15, 0.2) is 0 Å². The standard InChI is InChI=1S/C30H32ClF3N4O2/c31-26-12-10-25(11-13-26)29(24-7-2-1-3-8-24)38-18-16-37(17-19-38)20-21-39-28-14-9-23(6-4-5-15-36-40-35)22-27(28)30(32,33)34/h1-3,7-14,22,29,36H,5,15-21,35H2/t29-/m1/s1. The smallest absolute Gasteiger partial charge is 0.420 e. The van der Waals surface area contributed by atoms with Gasteiger partial charge in [-0.1, -0.05) is 65.9 Å². The van der Waals surface area contributed by atoms with E-state index in [4.69, 9.17) is 22.2 Å². The van der Waals surface area contributed by atoms with E-state index in [1.54, 1.807) is 0 Å². The van der Waals surface area contributed by atoms with Crippen LogP contribution in [0.3, 0.4) is 0 Å². The lowest BCUT2D eigenvalue weighted by Crippen LogP contribution is -2.48. The summed E-state index contributed by atoms with van der Waals surface area (Å²) in [5, 5.41) is 0.697. The fourth-order valence-corrected chi connectivity index (χ4v) is 4.84. The van der Waals surface area contributed by atoms with Crippen LogP contribution in [0.5, 0.6) is 5.75 Å². The number of halogens is 4. The highest BCUT2D eigenvalue weighted by atomic mass is 35.5. The Morgan fingerprint density at radius 3 is 2.33 bits per heavy atom. The van der Waals surface area contributed by atoms with Crippen molar-refractivity contribution in [2.24, 2.45) is 5.90 Å². The molecule has 40 heavy (non-hydrogen) atoms. The Bertz CT molecular complexity index is 1270. The van der Waals surface area contributed by atoms with Gasteiger partial charge in [0.2, 0.25) is 0 Å². The Morgan fingerprint density at radius 2 is 1.65 bits per heavy atom. The Balaban J connectivity index is 1.34. The highest BCUT2D eigenvalue weighted by Crippen LogP contribution is 2.37. The molecule has 1 atom stereocenters. The predicted octanol–water partition coefficient (Wildman–Crippen LogP) is 5.28. The molecule has 0 amide bonds. The maximum atomic E-state index is 13.7. The topological polar surface area (TPSA) is 63.0 Å². The second-order valence-corrected chi connectivity index (χ2v) is 9.80. The van der Waals surface area contributed by atoms with Gasteiger partial charge in [-0.15, -0.1) is 0 Å². The second-order valence-electron chi connectivity index (χ2n) is 9.36.